The molecule has 7 nitrogen and oxygen atoms in total. The second kappa shape index (κ2) is 3.61. The Hall–Kier alpha value is -2.44. The summed E-state index contributed by atoms with van der Waals surface area (Å²) in [6.45, 7) is 1.82. The van der Waals surface area contributed by atoms with Crippen molar-refractivity contribution in [2.24, 2.45) is 5.73 Å². The maximum Gasteiger partial charge on any atom is 0.254 e. The SMILES string of the molecule is Cc1cc(-n2ncc(C(N)=O)c2N)ncn1. The van der Waals surface area contributed by atoms with Gasteiger partial charge in [-0.2, -0.15) is 9.78 Å². The molecule has 0 aliphatic carbocycles. The van der Waals surface area contributed by atoms with Crippen molar-refractivity contribution in [2.45, 2.75) is 6.92 Å². The highest BCUT2D eigenvalue weighted by Gasteiger charge is 2.13. The van der Waals surface area contributed by atoms with E-state index in [-0.39, 0.29) is 11.4 Å². The van der Waals surface area contributed by atoms with Gasteiger partial charge < -0.3 is 11.5 Å². The number of rotatable bonds is 2. The minimum absolute atomic E-state index is 0.172. The van der Waals surface area contributed by atoms with Gasteiger partial charge in [-0.25, -0.2) is 9.97 Å². The van der Waals surface area contributed by atoms with Crippen LogP contribution in [0.25, 0.3) is 5.82 Å². The number of aryl methyl sites for hydroxylation is 1. The number of nitrogen functional groups attached to an aromatic ring is 1. The lowest BCUT2D eigenvalue weighted by Gasteiger charge is -2.03. The Kier molecular flexibility index (Phi) is 2.28. The van der Waals surface area contributed by atoms with Gasteiger partial charge in [0.15, 0.2) is 5.82 Å². The highest BCUT2D eigenvalue weighted by atomic mass is 16.1. The molecule has 16 heavy (non-hydrogen) atoms. The molecule has 7 heteroatoms. The molecule has 0 radical (unpaired) electrons. The summed E-state index contributed by atoms with van der Waals surface area (Å²) in [6.07, 6.45) is 2.71. The van der Waals surface area contributed by atoms with Crippen molar-refractivity contribution in [2.75, 3.05) is 5.73 Å². The molecule has 2 aromatic rings. The van der Waals surface area contributed by atoms with Crippen LogP contribution in [0, 0.1) is 6.92 Å². The zero-order valence-electron chi connectivity index (χ0n) is 8.58. The lowest BCUT2D eigenvalue weighted by molar-refractivity contribution is 0.100. The number of anilines is 1. The molecule has 0 atom stereocenters. The number of hydrogen-bond acceptors (Lipinski definition) is 5. The number of nitrogens with zero attached hydrogens (tertiary/aromatic N) is 4. The normalized spacial score (nSPS) is 10.3. The summed E-state index contributed by atoms with van der Waals surface area (Å²) in [7, 11) is 0. The minimum atomic E-state index is -0.616. The fourth-order valence-corrected chi connectivity index (χ4v) is 1.29. The monoisotopic (exact) mass is 218 g/mol. The summed E-state index contributed by atoms with van der Waals surface area (Å²) < 4.78 is 1.34. The largest absolute Gasteiger partial charge is 0.383 e. The number of primary amides is 1. The van der Waals surface area contributed by atoms with Crippen LogP contribution in [0.5, 0.6) is 0 Å². The minimum Gasteiger partial charge on any atom is -0.383 e. The predicted octanol–water partition coefficient (Wildman–Crippen LogP) is -0.348. The molecule has 0 aromatic carbocycles. The van der Waals surface area contributed by atoms with Crippen LogP contribution in [-0.4, -0.2) is 25.7 Å². The van der Waals surface area contributed by atoms with E-state index in [4.69, 9.17) is 11.5 Å². The molecule has 0 saturated heterocycles. The molecule has 0 bridgehead atoms. The van der Waals surface area contributed by atoms with Crippen LogP contribution in [0.15, 0.2) is 18.6 Å². The molecule has 0 aliphatic rings. The topological polar surface area (TPSA) is 113 Å². The van der Waals surface area contributed by atoms with Crippen LogP contribution in [0.2, 0.25) is 0 Å². The van der Waals surface area contributed by atoms with Crippen molar-refractivity contribution in [3.8, 4) is 5.82 Å². The molecule has 82 valence electrons. The number of nitrogens with two attached hydrogens (primary N) is 2. The smallest absolute Gasteiger partial charge is 0.254 e. The molecule has 0 saturated carbocycles. The fourth-order valence-electron chi connectivity index (χ4n) is 1.29. The average Bonchev–Trinajstić information content (AvgIpc) is 2.60. The predicted molar refractivity (Wildman–Crippen MR) is 56.8 cm³/mol. The van der Waals surface area contributed by atoms with E-state index < -0.39 is 5.91 Å². The third-order valence-corrected chi connectivity index (χ3v) is 2.08. The van der Waals surface area contributed by atoms with Crippen molar-refractivity contribution < 1.29 is 4.79 Å². The first-order valence-electron chi connectivity index (χ1n) is 4.52. The molecular formula is C9H10N6O. The number of carbonyl (C=O) groups excluding carboxylic acids is 1. The molecule has 4 N–H and O–H groups in total. The summed E-state index contributed by atoms with van der Waals surface area (Å²) in [5.41, 5.74) is 11.8. The number of aromatic nitrogens is 4. The molecule has 0 fully saturated rings. The Morgan fingerprint density at radius 2 is 2.19 bits per heavy atom. The van der Waals surface area contributed by atoms with Gasteiger partial charge in [0.25, 0.3) is 5.91 Å². The van der Waals surface area contributed by atoms with Crippen molar-refractivity contribution >= 4 is 11.7 Å². The quantitative estimate of drug-likeness (QED) is 0.715. The number of carbonyl (C=O) groups is 1. The third-order valence-electron chi connectivity index (χ3n) is 2.08. The van der Waals surface area contributed by atoms with E-state index in [0.29, 0.717) is 5.82 Å². The van der Waals surface area contributed by atoms with Gasteiger partial charge in [-0.05, 0) is 6.92 Å². The van der Waals surface area contributed by atoms with E-state index >= 15 is 0 Å². The van der Waals surface area contributed by atoms with Gasteiger partial charge in [-0.3, -0.25) is 4.79 Å². The molecular weight excluding hydrogens is 208 g/mol. The molecule has 0 unspecified atom stereocenters. The zero-order valence-corrected chi connectivity index (χ0v) is 8.58. The standard InChI is InChI=1S/C9H10N6O/c1-5-2-7(13-4-12-5)15-8(10)6(3-14-15)9(11)16/h2-4H,10H2,1H3,(H2,11,16). The number of hydrogen-bond donors (Lipinski definition) is 2. The van der Waals surface area contributed by atoms with Crippen LogP contribution in [0.1, 0.15) is 16.1 Å². The third kappa shape index (κ3) is 1.58. The van der Waals surface area contributed by atoms with Crippen LogP contribution in [-0.2, 0) is 0 Å². The first kappa shape index (κ1) is 10.1. The summed E-state index contributed by atoms with van der Waals surface area (Å²) in [5, 5.41) is 3.95. The molecule has 1 amide bonds. The molecule has 0 spiro atoms. The summed E-state index contributed by atoms with van der Waals surface area (Å²) in [4.78, 5) is 18.9. The highest BCUT2D eigenvalue weighted by Crippen LogP contribution is 2.14. The highest BCUT2D eigenvalue weighted by molar-refractivity contribution is 5.97. The van der Waals surface area contributed by atoms with E-state index in [1.54, 1.807) is 6.07 Å². The Balaban J connectivity index is 2.53. The van der Waals surface area contributed by atoms with Crippen LogP contribution in [0.3, 0.4) is 0 Å². The van der Waals surface area contributed by atoms with E-state index in [0.717, 1.165) is 5.69 Å². The van der Waals surface area contributed by atoms with Gasteiger partial charge in [0.1, 0.15) is 17.7 Å². The van der Waals surface area contributed by atoms with Crippen molar-refractivity contribution in [1.29, 1.82) is 0 Å². The molecule has 0 aliphatic heterocycles. The fraction of sp³-hybridized carbons (Fsp3) is 0.111. The van der Waals surface area contributed by atoms with E-state index in [1.165, 1.54) is 17.2 Å². The Morgan fingerprint density at radius 1 is 1.44 bits per heavy atom. The molecule has 2 rings (SSSR count). The van der Waals surface area contributed by atoms with Gasteiger partial charge in [0.2, 0.25) is 0 Å². The van der Waals surface area contributed by atoms with Crippen LogP contribution in [0.4, 0.5) is 5.82 Å². The Labute approximate surface area is 91.1 Å². The van der Waals surface area contributed by atoms with E-state index in [2.05, 4.69) is 15.1 Å². The second-order valence-corrected chi connectivity index (χ2v) is 3.24. The Bertz CT molecular complexity index is 547. The van der Waals surface area contributed by atoms with Crippen molar-refractivity contribution in [1.82, 2.24) is 19.7 Å². The summed E-state index contributed by atoms with van der Waals surface area (Å²) in [6, 6.07) is 1.70. The van der Waals surface area contributed by atoms with Gasteiger partial charge in [0, 0.05) is 11.8 Å². The van der Waals surface area contributed by atoms with Gasteiger partial charge >= 0.3 is 0 Å². The molecule has 2 heterocycles. The first-order chi connectivity index (χ1) is 7.59. The average molecular weight is 218 g/mol. The van der Waals surface area contributed by atoms with Crippen molar-refractivity contribution in [3.05, 3.63) is 29.8 Å². The second-order valence-electron chi connectivity index (χ2n) is 3.24. The maximum absolute atomic E-state index is 11.0. The van der Waals surface area contributed by atoms with Gasteiger partial charge in [0.05, 0.1) is 6.20 Å². The van der Waals surface area contributed by atoms with E-state index in [9.17, 15) is 4.79 Å². The first-order valence-corrected chi connectivity index (χ1v) is 4.52. The summed E-state index contributed by atoms with van der Waals surface area (Å²) in [5.74, 6) is 0.0534. The van der Waals surface area contributed by atoms with Crippen molar-refractivity contribution in [3.63, 3.8) is 0 Å². The summed E-state index contributed by atoms with van der Waals surface area (Å²) >= 11 is 0. The maximum atomic E-state index is 11.0. The van der Waals surface area contributed by atoms with Gasteiger partial charge in [-0.1, -0.05) is 0 Å². The lowest BCUT2D eigenvalue weighted by atomic mass is 10.3. The lowest BCUT2D eigenvalue weighted by Crippen LogP contribution is -2.13. The number of amides is 1. The Morgan fingerprint density at radius 3 is 2.75 bits per heavy atom. The van der Waals surface area contributed by atoms with E-state index in [1.807, 2.05) is 6.92 Å². The van der Waals surface area contributed by atoms with Gasteiger partial charge in [-0.15, -0.1) is 0 Å². The van der Waals surface area contributed by atoms with Crippen LogP contribution >= 0.6 is 0 Å². The van der Waals surface area contributed by atoms with Crippen LogP contribution < -0.4 is 11.5 Å². The molecule has 2 aromatic heterocycles. The zero-order chi connectivity index (χ0) is 11.7.